The number of allylic oxidation sites excluding steroid dienone is 2. The monoisotopic (exact) mass is 206 g/mol. The van der Waals surface area contributed by atoms with Crippen LogP contribution in [-0.4, -0.2) is 11.6 Å². The highest BCUT2D eigenvalue weighted by atomic mass is 16.1. The van der Waals surface area contributed by atoms with Crippen molar-refractivity contribution in [3.8, 4) is 0 Å². The average Bonchev–Trinajstić information content (AvgIpc) is 2.79. The lowest BCUT2D eigenvalue weighted by Gasteiger charge is -2.31. The molecule has 15 heavy (non-hydrogen) atoms. The molecule has 0 aliphatic heterocycles. The first kappa shape index (κ1) is 10.6. The van der Waals surface area contributed by atoms with Gasteiger partial charge in [0, 0.05) is 17.4 Å². The molecular formula is C13H18O2. The molecule has 1 fully saturated rings. The Balaban J connectivity index is 2.50. The standard InChI is InChI=1S/C13H18O2/c1-8-10(13(4)5-6-13)9(14)7-12(2,3)11(8)15/h5-7H2,1-4H3. The summed E-state index contributed by atoms with van der Waals surface area (Å²) in [6.45, 7) is 7.64. The summed E-state index contributed by atoms with van der Waals surface area (Å²) in [7, 11) is 0. The molecule has 1 saturated carbocycles. The molecule has 0 radical (unpaired) electrons. The Kier molecular flexibility index (Phi) is 1.98. The van der Waals surface area contributed by atoms with E-state index in [0.717, 1.165) is 24.0 Å². The van der Waals surface area contributed by atoms with Gasteiger partial charge in [-0.2, -0.15) is 0 Å². The van der Waals surface area contributed by atoms with Gasteiger partial charge in [-0.1, -0.05) is 20.8 Å². The maximum atomic E-state index is 12.1. The number of hydrogen-bond donors (Lipinski definition) is 0. The van der Waals surface area contributed by atoms with Crippen LogP contribution in [0.2, 0.25) is 0 Å². The van der Waals surface area contributed by atoms with Crippen LogP contribution < -0.4 is 0 Å². The normalized spacial score (nSPS) is 28.3. The van der Waals surface area contributed by atoms with E-state index < -0.39 is 5.41 Å². The van der Waals surface area contributed by atoms with Crippen LogP contribution in [0.4, 0.5) is 0 Å². The van der Waals surface area contributed by atoms with Crippen molar-refractivity contribution in [2.45, 2.75) is 47.0 Å². The second-order valence-electron chi connectivity index (χ2n) is 5.87. The molecule has 82 valence electrons. The van der Waals surface area contributed by atoms with Crippen molar-refractivity contribution in [1.82, 2.24) is 0 Å². The van der Waals surface area contributed by atoms with Crippen molar-refractivity contribution in [2.24, 2.45) is 10.8 Å². The Morgan fingerprint density at radius 1 is 1.07 bits per heavy atom. The molecule has 0 saturated heterocycles. The number of carbonyl (C=O) groups excluding carboxylic acids is 2. The molecule has 2 heteroatoms. The molecule has 0 bridgehead atoms. The molecule has 0 aromatic carbocycles. The first-order chi connectivity index (χ1) is 6.78. The van der Waals surface area contributed by atoms with E-state index in [1.807, 2.05) is 20.8 Å². The highest BCUT2D eigenvalue weighted by Gasteiger charge is 2.50. The van der Waals surface area contributed by atoms with Gasteiger partial charge in [0.1, 0.15) is 0 Å². The van der Waals surface area contributed by atoms with Gasteiger partial charge in [0.15, 0.2) is 11.6 Å². The van der Waals surface area contributed by atoms with E-state index in [-0.39, 0.29) is 17.0 Å². The first-order valence-corrected chi connectivity index (χ1v) is 5.57. The van der Waals surface area contributed by atoms with Gasteiger partial charge in [-0.05, 0) is 30.8 Å². The smallest absolute Gasteiger partial charge is 0.165 e. The minimum atomic E-state index is -0.490. The molecule has 0 aromatic heterocycles. The van der Waals surface area contributed by atoms with E-state index in [0.29, 0.717) is 6.42 Å². The fourth-order valence-electron chi connectivity index (χ4n) is 2.63. The summed E-state index contributed by atoms with van der Waals surface area (Å²) in [6.07, 6.45) is 2.49. The van der Waals surface area contributed by atoms with E-state index in [4.69, 9.17) is 0 Å². The third-order valence-corrected chi connectivity index (χ3v) is 3.82. The largest absolute Gasteiger partial charge is 0.294 e. The van der Waals surface area contributed by atoms with Crippen LogP contribution in [0.5, 0.6) is 0 Å². The second-order valence-corrected chi connectivity index (χ2v) is 5.87. The van der Waals surface area contributed by atoms with E-state index in [9.17, 15) is 9.59 Å². The van der Waals surface area contributed by atoms with Crippen molar-refractivity contribution >= 4 is 11.6 Å². The molecule has 0 N–H and O–H groups in total. The fourth-order valence-corrected chi connectivity index (χ4v) is 2.63. The van der Waals surface area contributed by atoms with E-state index in [1.54, 1.807) is 0 Å². The lowest BCUT2D eigenvalue weighted by molar-refractivity contribution is -0.130. The maximum Gasteiger partial charge on any atom is 0.165 e. The van der Waals surface area contributed by atoms with Gasteiger partial charge in [-0.3, -0.25) is 9.59 Å². The van der Waals surface area contributed by atoms with Gasteiger partial charge >= 0.3 is 0 Å². The van der Waals surface area contributed by atoms with Gasteiger partial charge in [-0.15, -0.1) is 0 Å². The van der Waals surface area contributed by atoms with Crippen molar-refractivity contribution in [3.05, 3.63) is 11.1 Å². The highest BCUT2D eigenvalue weighted by Crippen LogP contribution is 2.55. The predicted octanol–water partition coefficient (Wildman–Crippen LogP) is 2.67. The summed E-state index contributed by atoms with van der Waals surface area (Å²) in [6, 6.07) is 0. The molecule has 0 spiro atoms. The molecule has 0 heterocycles. The summed E-state index contributed by atoms with van der Waals surface area (Å²) in [4.78, 5) is 24.1. The molecule has 2 aliphatic carbocycles. The number of ketones is 2. The number of rotatable bonds is 1. The van der Waals surface area contributed by atoms with Crippen molar-refractivity contribution in [2.75, 3.05) is 0 Å². The Bertz CT molecular complexity index is 381. The van der Waals surface area contributed by atoms with Crippen LogP contribution in [0.25, 0.3) is 0 Å². The van der Waals surface area contributed by atoms with Crippen LogP contribution in [0.1, 0.15) is 47.0 Å². The van der Waals surface area contributed by atoms with E-state index in [2.05, 4.69) is 6.92 Å². The Morgan fingerprint density at radius 3 is 2.07 bits per heavy atom. The van der Waals surface area contributed by atoms with Crippen LogP contribution in [-0.2, 0) is 9.59 Å². The molecule has 2 nitrogen and oxygen atoms in total. The topological polar surface area (TPSA) is 34.1 Å². The molecule has 0 unspecified atom stereocenters. The van der Waals surface area contributed by atoms with Gasteiger partial charge in [0.05, 0.1) is 0 Å². The Hall–Kier alpha value is -0.920. The molecule has 0 atom stereocenters. The van der Waals surface area contributed by atoms with Gasteiger partial charge in [0.2, 0.25) is 0 Å². The summed E-state index contributed by atoms with van der Waals surface area (Å²) < 4.78 is 0. The summed E-state index contributed by atoms with van der Waals surface area (Å²) >= 11 is 0. The minimum Gasteiger partial charge on any atom is -0.294 e. The zero-order valence-electron chi connectivity index (χ0n) is 9.94. The molecular weight excluding hydrogens is 188 g/mol. The predicted molar refractivity (Wildman–Crippen MR) is 58.5 cm³/mol. The summed E-state index contributed by atoms with van der Waals surface area (Å²) in [5.41, 5.74) is 1.08. The van der Waals surface area contributed by atoms with Gasteiger partial charge in [0.25, 0.3) is 0 Å². The first-order valence-electron chi connectivity index (χ1n) is 5.57. The summed E-state index contributed by atoms with van der Waals surface area (Å²) in [5, 5.41) is 0. The summed E-state index contributed by atoms with van der Waals surface area (Å²) in [5.74, 6) is 0.349. The third kappa shape index (κ3) is 1.47. The van der Waals surface area contributed by atoms with E-state index in [1.165, 1.54) is 0 Å². The van der Waals surface area contributed by atoms with Gasteiger partial charge in [-0.25, -0.2) is 0 Å². The lowest BCUT2D eigenvalue weighted by atomic mass is 9.70. The SMILES string of the molecule is CC1=C(C2(C)CC2)C(=O)CC(C)(C)C1=O. The minimum absolute atomic E-state index is 0.0212. The zero-order valence-corrected chi connectivity index (χ0v) is 9.94. The molecule has 0 amide bonds. The van der Waals surface area contributed by atoms with Crippen LogP contribution in [0, 0.1) is 10.8 Å². The fraction of sp³-hybridized carbons (Fsp3) is 0.692. The quantitative estimate of drug-likeness (QED) is 0.661. The van der Waals surface area contributed by atoms with Gasteiger partial charge < -0.3 is 0 Å². The second kappa shape index (κ2) is 2.81. The number of hydrogen-bond acceptors (Lipinski definition) is 2. The van der Waals surface area contributed by atoms with Crippen LogP contribution in [0.3, 0.4) is 0 Å². The van der Waals surface area contributed by atoms with Crippen molar-refractivity contribution in [3.63, 3.8) is 0 Å². The molecule has 0 aromatic rings. The van der Waals surface area contributed by atoms with E-state index >= 15 is 0 Å². The average molecular weight is 206 g/mol. The van der Waals surface area contributed by atoms with Crippen LogP contribution >= 0.6 is 0 Å². The lowest BCUT2D eigenvalue weighted by Crippen LogP contribution is -2.36. The maximum absolute atomic E-state index is 12.1. The Labute approximate surface area is 90.7 Å². The number of Topliss-reactive ketones (excluding diaryl/α,β-unsaturated/α-hetero) is 2. The van der Waals surface area contributed by atoms with Crippen molar-refractivity contribution < 1.29 is 9.59 Å². The molecule has 2 rings (SSSR count). The zero-order chi connectivity index (χ0) is 11.4. The molecule has 2 aliphatic rings. The van der Waals surface area contributed by atoms with Crippen molar-refractivity contribution in [1.29, 1.82) is 0 Å². The highest BCUT2D eigenvalue weighted by molar-refractivity contribution is 6.14. The van der Waals surface area contributed by atoms with Crippen LogP contribution in [0.15, 0.2) is 11.1 Å². The third-order valence-electron chi connectivity index (χ3n) is 3.82. The Morgan fingerprint density at radius 2 is 1.60 bits per heavy atom. The number of carbonyl (C=O) groups is 2.